The van der Waals surface area contributed by atoms with Gasteiger partial charge >= 0.3 is 0 Å². The van der Waals surface area contributed by atoms with Crippen molar-refractivity contribution in [3.05, 3.63) is 34.9 Å². The average Bonchev–Trinajstić information content (AvgIpc) is 3.06. The molecule has 0 bridgehead atoms. The van der Waals surface area contributed by atoms with Gasteiger partial charge in [0.1, 0.15) is 0 Å². The van der Waals surface area contributed by atoms with E-state index in [4.69, 9.17) is 4.74 Å². The number of carbonyl (C=O) groups excluding carboxylic acids is 1. The number of ether oxygens (including phenoxy) is 1. The molecule has 1 atom stereocenters. The monoisotopic (exact) mass is 289 g/mol. The summed E-state index contributed by atoms with van der Waals surface area (Å²) in [6, 6.07) is 5.69. The zero-order chi connectivity index (χ0) is 14.7. The number of aliphatic hydroxyl groups excluding tert-OH is 1. The largest absolute Gasteiger partial charge is 0.394 e. The minimum Gasteiger partial charge on any atom is -0.394 e. The summed E-state index contributed by atoms with van der Waals surface area (Å²) in [5.74, 6) is 0.347. The number of hydrogen-bond donors (Lipinski definition) is 2. The molecule has 1 unspecified atom stereocenters. The van der Waals surface area contributed by atoms with Gasteiger partial charge in [0.25, 0.3) is 5.91 Å². The molecule has 1 aliphatic heterocycles. The van der Waals surface area contributed by atoms with Gasteiger partial charge in [0.2, 0.25) is 0 Å². The van der Waals surface area contributed by atoms with Crippen LogP contribution >= 0.6 is 0 Å². The molecule has 0 radical (unpaired) electrons. The second kappa shape index (κ2) is 6.58. The first-order valence-electron chi connectivity index (χ1n) is 7.89. The Labute approximate surface area is 125 Å². The molecule has 1 saturated carbocycles. The minimum atomic E-state index is -0.112. The van der Waals surface area contributed by atoms with Crippen LogP contribution in [0.5, 0.6) is 0 Å². The van der Waals surface area contributed by atoms with E-state index in [1.165, 1.54) is 24.0 Å². The third-order valence-corrected chi connectivity index (χ3v) is 4.72. The second-order valence-corrected chi connectivity index (χ2v) is 6.09. The van der Waals surface area contributed by atoms with Crippen molar-refractivity contribution >= 4 is 5.91 Å². The lowest BCUT2D eigenvalue weighted by atomic mass is 9.97. The predicted molar refractivity (Wildman–Crippen MR) is 80.1 cm³/mol. The van der Waals surface area contributed by atoms with Crippen LogP contribution in [-0.4, -0.2) is 30.3 Å². The first kappa shape index (κ1) is 14.5. The maximum atomic E-state index is 12.4. The highest BCUT2D eigenvalue weighted by Gasteiger charge is 2.26. The fourth-order valence-corrected chi connectivity index (χ4v) is 3.43. The van der Waals surface area contributed by atoms with Gasteiger partial charge in [-0.3, -0.25) is 4.79 Å². The van der Waals surface area contributed by atoms with E-state index in [0.29, 0.717) is 18.1 Å². The highest BCUT2D eigenvalue weighted by molar-refractivity contribution is 5.94. The minimum absolute atomic E-state index is 0.0230. The third-order valence-electron chi connectivity index (χ3n) is 4.72. The highest BCUT2D eigenvalue weighted by atomic mass is 16.5. The summed E-state index contributed by atoms with van der Waals surface area (Å²) in [4.78, 5) is 12.4. The molecular formula is C17H23NO3. The summed E-state index contributed by atoms with van der Waals surface area (Å²) in [5.41, 5.74) is 3.06. The third kappa shape index (κ3) is 3.27. The normalized spacial score (nSPS) is 20.0. The molecule has 1 amide bonds. The second-order valence-electron chi connectivity index (χ2n) is 6.09. The van der Waals surface area contributed by atoms with Crippen LogP contribution in [0.4, 0.5) is 0 Å². The van der Waals surface area contributed by atoms with E-state index >= 15 is 0 Å². The standard InChI is InChI=1S/C17H23NO3/c19-10-16(12-3-1-2-4-12)18-17(20)14-5-6-15-11-21-8-7-13(15)9-14/h5-6,9,12,16,19H,1-4,7-8,10-11H2,(H,18,20). The lowest BCUT2D eigenvalue weighted by Crippen LogP contribution is -2.42. The maximum Gasteiger partial charge on any atom is 0.251 e. The molecule has 0 saturated heterocycles. The Bertz CT molecular complexity index is 509. The van der Waals surface area contributed by atoms with Gasteiger partial charge < -0.3 is 15.2 Å². The average molecular weight is 289 g/mol. The van der Waals surface area contributed by atoms with E-state index in [9.17, 15) is 9.90 Å². The van der Waals surface area contributed by atoms with Gasteiger partial charge in [-0.25, -0.2) is 0 Å². The summed E-state index contributed by atoms with van der Waals surface area (Å²) in [6.45, 7) is 1.38. The Kier molecular flexibility index (Phi) is 4.56. The van der Waals surface area contributed by atoms with E-state index in [-0.39, 0.29) is 18.6 Å². The van der Waals surface area contributed by atoms with Crippen LogP contribution in [0.15, 0.2) is 18.2 Å². The van der Waals surface area contributed by atoms with E-state index in [2.05, 4.69) is 5.32 Å². The van der Waals surface area contributed by atoms with E-state index in [0.717, 1.165) is 25.9 Å². The fourth-order valence-electron chi connectivity index (χ4n) is 3.43. The van der Waals surface area contributed by atoms with E-state index in [1.807, 2.05) is 18.2 Å². The molecule has 1 fully saturated rings. The first-order chi connectivity index (χ1) is 10.3. The summed E-state index contributed by atoms with van der Waals surface area (Å²) in [6.07, 6.45) is 5.48. The van der Waals surface area contributed by atoms with Crippen molar-refractivity contribution in [2.75, 3.05) is 13.2 Å². The first-order valence-corrected chi connectivity index (χ1v) is 7.89. The fraction of sp³-hybridized carbons (Fsp3) is 0.588. The van der Waals surface area contributed by atoms with Crippen LogP contribution < -0.4 is 5.32 Å². The van der Waals surface area contributed by atoms with Gasteiger partial charge in [-0.15, -0.1) is 0 Å². The number of fused-ring (bicyclic) bond motifs is 1. The van der Waals surface area contributed by atoms with Crippen molar-refractivity contribution in [2.45, 2.75) is 44.8 Å². The van der Waals surface area contributed by atoms with Gasteiger partial charge in [0.05, 0.1) is 25.9 Å². The van der Waals surface area contributed by atoms with Crippen molar-refractivity contribution in [2.24, 2.45) is 5.92 Å². The van der Waals surface area contributed by atoms with Crippen LogP contribution in [0, 0.1) is 5.92 Å². The lowest BCUT2D eigenvalue weighted by Gasteiger charge is -2.23. The molecule has 2 aliphatic rings. The molecule has 0 aromatic heterocycles. The van der Waals surface area contributed by atoms with Gasteiger partial charge in [0, 0.05) is 5.56 Å². The van der Waals surface area contributed by atoms with Crippen molar-refractivity contribution in [1.29, 1.82) is 0 Å². The number of nitrogens with one attached hydrogen (secondary N) is 1. The molecule has 0 spiro atoms. The summed E-state index contributed by atoms with van der Waals surface area (Å²) in [5, 5.41) is 12.6. The predicted octanol–water partition coefficient (Wildman–Crippen LogP) is 2.04. The zero-order valence-corrected chi connectivity index (χ0v) is 12.3. The number of aliphatic hydroxyl groups is 1. The molecule has 1 aliphatic carbocycles. The Morgan fingerprint density at radius 1 is 1.33 bits per heavy atom. The van der Waals surface area contributed by atoms with Crippen LogP contribution in [0.2, 0.25) is 0 Å². The van der Waals surface area contributed by atoms with Crippen LogP contribution in [0.3, 0.4) is 0 Å². The number of hydrogen-bond acceptors (Lipinski definition) is 3. The van der Waals surface area contributed by atoms with Gasteiger partial charge in [0.15, 0.2) is 0 Å². The van der Waals surface area contributed by atoms with Crippen LogP contribution in [0.25, 0.3) is 0 Å². The van der Waals surface area contributed by atoms with E-state index in [1.54, 1.807) is 0 Å². The molecule has 1 heterocycles. The zero-order valence-electron chi connectivity index (χ0n) is 12.3. The lowest BCUT2D eigenvalue weighted by molar-refractivity contribution is 0.0887. The Balaban J connectivity index is 1.69. The highest BCUT2D eigenvalue weighted by Crippen LogP contribution is 2.28. The van der Waals surface area contributed by atoms with Gasteiger partial charge in [-0.2, -0.15) is 0 Å². The Hall–Kier alpha value is -1.39. The van der Waals surface area contributed by atoms with Crippen molar-refractivity contribution < 1.29 is 14.6 Å². The van der Waals surface area contributed by atoms with Gasteiger partial charge in [-0.05, 0) is 48.4 Å². The number of benzene rings is 1. The number of amides is 1. The van der Waals surface area contributed by atoms with Crippen molar-refractivity contribution in [3.63, 3.8) is 0 Å². The SMILES string of the molecule is O=C(NC(CO)C1CCCC1)c1ccc2c(c1)CCOC2. The van der Waals surface area contributed by atoms with Crippen LogP contribution in [-0.2, 0) is 17.8 Å². The van der Waals surface area contributed by atoms with Crippen molar-refractivity contribution in [1.82, 2.24) is 5.32 Å². The summed E-state index contributed by atoms with van der Waals surface area (Å²) < 4.78 is 5.41. The van der Waals surface area contributed by atoms with Crippen molar-refractivity contribution in [3.8, 4) is 0 Å². The Morgan fingerprint density at radius 3 is 2.90 bits per heavy atom. The number of rotatable bonds is 4. The molecule has 1 aromatic rings. The molecule has 3 rings (SSSR count). The van der Waals surface area contributed by atoms with E-state index < -0.39 is 0 Å². The topological polar surface area (TPSA) is 58.6 Å². The van der Waals surface area contributed by atoms with Gasteiger partial charge in [-0.1, -0.05) is 18.9 Å². The van der Waals surface area contributed by atoms with Crippen LogP contribution in [0.1, 0.15) is 47.2 Å². The smallest absolute Gasteiger partial charge is 0.251 e. The molecule has 21 heavy (non-hydrogen) atoms. The molecule has 114 valence electrons. The molecule has 4 heteroatoms. The molecule has 2 N–H and O–H groups in total. The molecule has 4 nitrogen and oxygen atoms in total. The quantitative estimate of drug-likeness (QED) is 0.892. The molecule has 1 aromatic carbocycles. The molecular weight excluding hydrogens is 266 g/mol. The Morgan fingerprint density at radius 2 is 2.14 bits per heavy atom. The number of carbonyl (C=O) groups is 1. The summed E-state index contributed by atoms with van der Waals surface area (Å²) in [7, 11) is 0. The summed E-state index contributed by atoms with van der Waals surface area (Å²) >= 11 is 0. The maximum absolute atomic E-state index is 12.4.